The van der Waals surface area contributed by atoms with Crippen LogP contribution in [-0.2, 0) is 4.74 Å². The van der Waals surface area contributed by atoms with Crippen molar-refractivity contribution in [1.82, 2.24) is 9.97 Å². The van der Waals surface area contributed by atoms with Crippen molar-refractivity contribution < 1.29 is 4.74 Å². The van der Waals surface area contributed by atoms with Gasteiger partial charge in [0.2, 0.25) is 11.8 Å². The van der Waals surface area contributed by atoms with Crippen LogP contribution in [0, 0.1) is 3.57 Å². The summed E-state index contributed by atoms with van der Waals surface area (Å²) in [6, 6.07) is 0. The molecule has 6 heteroatoms. The second-order valence-corrected chi connectivity index (χ2v) is 3.65. The molecule has 0 bridgehead atoms. The minimum atomic E-state index is 0.494. The molecular formula is C8H11IN4O. The summed E-state index contributed by atoms with van der Waals surface area (Å²) >= 11 is 2.15. The molecule has 14 heavy (non-hydrogen) atoms. The van der Waals surface area contributed by atoms with Crippen LogP contribution in [0.15, 0.2) is 17.4 Å². The highest BCUT2D eigenvalue weighted by atomic mass is 127. The molecule has 0 amide bonds. The van der Waals surface area contributed by atoms with Crippen molar-refractivity contribution in [2.24, 2.45) is 4.99 Å². The van der Waals surface area contributed by atoms with Crippen molar-refractivity contribution in [3.63, 3.8) is 0 Å². The second-order valence-electron chi connectivity index (χ2n) is 2.40. The molecule has 1 rings (SSSR count). The molecular weight excluding hydrogens is 295 g/mol. The quantitative estimate of drug-likeness (QED) is 0.517. The first-order valence-electron chi connectivity index (χ1n) is 3.97. The molecule has 1 aromatic rings. The number of anilines is 1. The Morgan fingerprint density at radius 1 is 1.57 bits per heavy atom. The number of aliphatic imine (C=N–C) groups is 1. The van der Waals surface area contributed by atoms with Crippen molar-refractivity contribution in [3.05, 3.63) is 16.0 Å². The third-order valence-corrected chi connectivity index (χ3v) is 2.06. The lowest BCUT2D eigenvalue weighted by Crippen LogP contribution is -2.16. The smallest absolute Gasteiger partial charge is 0.223 e. The minimum Gasteiger partial charge on any atom is -0.483 e. The van der Waals surface area contributed by atoms with Gasteiger partial charge in [0.25, 0.3) is 0 Å². The first-order chi connectivity index (χ1) is 6.76. The zero-order chi connectivity index (χ0) is 10.4. The molecule has 0 aliphatic rings. The Bertz CT molecular complexity index is 312. The highest BCUT2D eigenvalue weighted by molar-refractivity contribution is 14.1. The third kappa shape index (κ3) is 3.44. The summed E-state index contributed by atoms with van der Waals surface area (Å²) in [6.07, 6.45) is 3.48. The van der Waals surface area contributed by atoms with Gasteiger partial charge in [-0.2, -0.15) is 0 Å². The van der Waals surface area contributed by atoms with E-state index in [0.29, 0.717) is 18.4 Å². The number of ether oxygens (including phenoxy) is 1. The van der Waals surface area contributed by atoms with Crippen LogP contribution in [0.2, 0.25) is 0 Å². The molecule has 0 radical (unpaired) electrons. The molecule has 0 atom stereocenters. The standard InChI is InChI=1S/C8H11IN4O/c1-10-7(14-2)5-13-8-11-3-6(9)4-12-8/h3-4H,5H2,1-2H3,(H,11,12,13). The van der Waals surface area contributed by atoms with Gasteiger partial charge in [-0.15, -0.1) is 0 Å². The Morgan fingerprint density at radius 2 is 2.21 bits per heavy atom. The van der Waals surface area contributed by atoms with E-state index in [1.165, 1.54) is 0 Å². The molecule has 1 N–H and O–H groups in total. The van der Waals surface area contributed by atoms with Crippen molar-refractivity contribution in [2.75, 3.05) is 26.0 Å². The predicted molar refractivity (Wildman–Crippen MR) is 63.6 cm³/mol. The van der Waals surface area contributed by atoms with Crippen LogP contribution in [0.3, 0.4) is 0 Å². The van der Waals surface area contributed by atoms with Crippen LogP contribution >= 0.6 is 22.6 Å². The number of methoxy groups -OCH3 is 1. The first-order valence-corrected chi connectivity index (χ1v) is 5.05. The maximum absolute atomic E-state index is 4.98. The zero-order valence-electron chi connectivity index (χ0n) is 7.99. The van der Waals surface area contributed by atoms with Gasteiger partial charge in [0.05, 0.1) is 13.7 Å². The van der Waals surface area contributed by atoms with Crippen molar-refractivity contribution >= 4 is 34.4 Å². The highest BCUT2D eigenvalue weighted by Gasteiger charge is 1.98. The van der Waals surface area contributed by atoms with Crippen LogP contribution in [0.4, 0.5) is 5.95 Å². The molecule has 76 valence electrons. The summed E-state index contributed by atoms with van der Waals surface area (Å²) in [5.41, 5.74) is 0. The fraction of sp³-hybridized carbons (Fsp3) is 0.375. The summed E-state index contributed by atoms with van der Waals surface area (Å²) in [5.74, 6) is 1.19. The molecule has 0 unspecified atom stereocenters. The van der Waals surface area contributed by atoms with Crippen molar-refractivity contribution in [1.29, 1.82) is 0 Å². The topological polar surface area (TPSA) is 59.4 Å². The third-order valence-electron chi connectivity index (χ3n) is 1.50. The summed E-state index contributed by atoms with van der Waals surface area (Å²) in [5, 5.41) is 2.99. The monoisotopic (exact) mass is 306 g/mol. The SMILES string of the molecule is CN=C(CNc1ncc(I)cn1)OC. The molecule has 0 saturated heterocycles. The normalized spacial score (nSPS) is 11.2. The number of hydrogen-bond donors (Lipinski definition) is 1. The lowest BCUT2D eigenvalue weighted by molar-refractivity contribution is 0.396. The molecule has 0 fully saturated rings. The molecule has 0 saturated carbocycles. The van der Waals surface area contributed by atoms with Gasteiger partial charge in [-0.1, -0.05) is 0 Å². The van der Waals surface area contributed by atoms with E-state index in [1.54, 1.807) is 26.6 Å². The number of halogens is 1. The molecule has 0 spiro atoms. The lowest BCUT2D eigenvalue weighted by Gasteiger charge is -2.05. The fourth-order valence-electron chi connectivity index (χ4n) is 0.801. The van der Waals surface area contributed by atoms with Gasteiger partial charge in [0.1, 0.15) is 0 Å². The molecule has 1 heterocycles. The fourth-order valence-corrected chi connectivity index (χ4v) is 1.08. The Kier molecular flexibility index (Phi) is 4.57. The van der Waals surface area contributed by atoms with Gasteiger partial charge in [-0.3, -0.25) is 4.99 Å². The zero-order valence-corrected chi connectivity index (χ0v) is 10.1. The van der Waals surface area contributed by atoms with E-state index in [9.17, 15) is 0 Å². The second kappa shape index (κ2) is 5.74. The van der Waals surface area contributed by atoms with E-state index in [-0.39, 0.29) is 0 Å². The van der Waals surface area contributed by atoms with E-state index >= 15 is 0 Å². The summed E-state index contributed by atoms with van der Waals surface area (Å²) in [4.78, 5) is 12.1. The predicted octanol–water partition coefficient (Wildman–Crippen LogP) is 1.17. The summed E-state index contributed by atoms with van der Waals surface area (Å²) < 4.78 is 5.98. The maximum Gasteiger partial charge on any atom is 0.223 e. The number of hydrogen-bond acceptors (Lipinski definition) is 5. The number of nitrogens with one attached hydrogen (secondary N) is 1. The molecule has 5 nitrogen and oxygen atoms in total. The maximum atomic E-state index is 4.98. The number of rotatable bonds is 3. The number of aromatic nitrogens is 2. The van der Waals surface area contributed by atoms with Gasteiger partial charge >= 0.3 is 0 Å². The Morgan fingerprint density at radius 3 is 2.71 bits per heavy atom. The first kappa shape index (κ1) is 11.2. The molecule has 1 aromatic heterocycles. The van der Waals surface area contributed by atoms with Crippen LogP contribution < -0.4 is 5.32 Å². The van der Waals surface area contributed by atoms with E-state index in [1.807, 2.05) is 0 Å². The van der Waals surface area contributed by atoms with Gasteiger partial charge in [0.15, 0.2) is 0 Å². The van der Waals surface area contributed by atoms with Crippen LogP contribution in [0.25, 0.3) is 0 Å². The average molecular weight is 306 g/mol. The van der Waals surface area contributed by atoms with Gasteiger partial charge in [-0.25, -0.2) is 9.97 Å². The van der Waals surface area contributed by atoms with E-state index in [4.69, 9.17) is 4.74 Å². The van der Waals surface area contributed by atoms with E-state index < -0.39 is 0 Å². The summed E-state index contributed by atoms with van der Waals surface area (Å²) in [6.45, 7) is 0.494. The Balaban J connectivity index is 2.49. The Labute approximate surface area is 96.2 Å². The van der Waals surface area contributed by atoms with Gasteiger partial charge in [0, 0.05) is 23.0 Å². The molecule has 0 aromatic carbocycles. The molecule has 0 aliphatic carbocycles. The van der Waals surface area contributed by atoms with E-state index in [2.05, 4.69) is 42.9 Å². The summed E-state index contributed by atoms with van der Waals surface area (Å²) in [7, 11) is 3.26. The van der Waals surface area contributed by atoms with Gasteiger partial charge in [-0.05, 0) is 22.6 Å². The lowest BCUT2D eigenvalue weighted by atomic mass is 10.6. The average Bonchev–Trinajstić information content (AvgIpc) is 2.22. The van der Waals surface area contributed by atoms with E-state index in [0.717, 1.165) is 3.57 Å². The van der Waals surface area contributed by atoms with Crippen molar-refractivity contribution in [3.8, 4) is 0 Å². The van der Waals surface area contributed by atoms with Gasteiger partial charge < -0.3 is 10.1 Å². The van der Waals surface area contributed by atoms with Crippen molar-refractivity contribution in [2.45, 2.75) is 0 Å². The largest absolute Gasteiger partial charge is 0.483 e. The van der Waals surface area contributed by atoms with Crippen LogP contribution in [0.5, 0.6) is 0 Å². The van der Waals surface area contributed by atoms with Crippen LogP contribution in [0.1, 0.15) is 0 Å². The highest BCUT2D eigenvalue weighted by Crippen LogP contribution is 2.02. The minimum absolute atomic E-state index is 0.494. The Hall–Kier alpha value is -0.920. The molecule has 0 aliphatic heterocycles. The van der Waals surface area contributed by atoms with Crippen LogP contribution in [-0.4, -0.2) is 36.6 Å². The number of nitrogens with zero attached hydrogens (tertiary/aromatic N) is 3.